The molecule has 1 aromatic carbocycles. The van der Waals surface area contributed by atoms with Crippen LogP contribution in [0.2, 0.25) is 0 Å². The number of nitrogens with zero attached hydrogens (tertiary/aromatic N) is 3. The van der Waals surface area contributed by atoms with E-state index in [2.05, 4.69) is 32.7 Å². The van der Waals surface area contributed by atoms with Crippen molar-refractivity contribution in [2.24, 2.45) is 0 Å². The number of hydrogen-bond donors (Lipinski definition) is 2. The molecular weight excluding hydrogens is 350 g/mol. The highest BCUT2D eigenvalue weighted by molar-refractivity contribution is 7.13. The fourth-order valence-corrected chi connectivity index (χ4v) is 3.46. The highest BCUT2D eigenvalue weighted by Crippen LogP contribution is 2.16. The Morgan fingerprint density at radius 3 is 2.46 bits per heavy atom. The van der Waals surface area contributed by atoms with Gasteiger partial charge in [-0.2, -0.15) is 0 Å². The number of piperazine rings is 1. The number of benzene rings is 1. The summed E-state index contributed by atoms with van der Waals surface area (Å²) in [5.74, 6) is -0.268. The molecule has 0 aliphatic carbocycles. The van der Waals surface area contributed by atoms with Crippen LogP contribution < -0.4 is 15.5 Å². The Bertz CT molecular complexity index is 756. The van der Waals surface area contributed by atoms with Crippen molar-refractivity contribution in [1.29, 1.82) is 0 Å². The van der Waals surface area contributed by atoms with Gasteiger partial charge in [-0.25, -0.2) is 9.78 Å². The van der Waals surface area contributed by atoms with E-state index in [0.717, 1.165) is 18.8 Å². The number of thiazole rings is 1. The third-order valence-corrected chi connectivity index (χ3v) is 5.15. The van der Waals surface area contributed by atoms with Crippen LogP contribution in [-0.2, 0) is 4.79 Å². The molecule has 1 saturated heterocycles. The zero-order valence-electron chi connectivity index (χ0n) is 14.9. The van der Waals surface area contributed by atoms with Crippen molar-refractivity contribution >= 4 is 34.1 Å². The second-order valence-electron chi connectivity index (χ2n) is 6.26. The van der Waals surface area contributed by atoms with Crippen LogP contribution >= 0.6 is 11.3 Å². The molecule has 2 aromatic rings. The number of aryl methyl sites for hydroxylation is 1. The number of hydrogen-bond acceptors (Lipinski definition) is 5. The van der Waals surface area contributed by atoms with Crippen LogP contribution in [0.1, 0.15) is 12.6 Å². The fourth-order valence-electron chi connectivity index (χ4n) is 2.77. The van der Waals surface area contributed by atoms with E-state index in [-0.39, 0.29) is 11.9 Å². The number of rotatable bonds is 4. The molecular formula is C18H23N5O2S. The van der Waals surface area contributed by atoms with E-state index in [1.54, 1.807) is 11.8 Å². The first-order valence-electron chi connectivity index (χ1n) is 8.61. The Hall–Kier alpha value is -2.61. The molecule has 1 aromatic heterocycles. The lowest BCUT2D eigenvalue weighted by atomic mass is 10.2. The zero-order valence-corrected chi connectivity index (χ0v) is 15.8. The lowest BCUT2D eigenvalue weighted by molar-refractivity contribution is -0.117. The number of para-hydroxylation sites is 1. The molecule has 3 amide bonds. The lowest BCUT2D eigenvalue weighted by Gasteiger charge is -2.36. The molecule has 1 aliphatic heterocycles. The first kappa shape index (κ1) is 18.2. The largest absolute Gasteiger partial charge is 0.368 e. The number of amides is 3. The second-order valence-corrected chi connectivity index (χ2v) is 7.12. The van der Waals surface area contributed by atoms with Crippen molar-refractivity contribution in [3.8, 4) is 0 Å². The predicted octanol–water partition coefficient (Wildman–Crippen LogP) is 2.31. The first-order valence-corrected chi connectivity index (χ1v) is 9.49. The van der Waals surface area contributed by atoms with Gasteiger partial charge in [0.05, 0.1) is 5.69 Å². The van der Waals surface area contributed by atoms with Gasteiger partial charge in [0, 0.05) is 37.2 Å². The topological polar surface area (TPSA) is 77.6 Å². The summed E-state index contributed by atoms with van der Waals surface area (Å²) in [5.41, 5.74) is 2.03. The van der Waals surface area contributed by atoms with Crippen LogP contribution in [0.15, 0.2) is 35.7 Å². The van der Waals surface area contributed by atoms with Crippen LogP contribution in [0.25, 0.3) is 0 Å². The molecule has 0 unspecified atom stereocenters. The van der Waals surface area contributed by atoms with Gasteiger partial charge in [0.1, 0.15) is 6.04 Å². The van der Waals surface area contributed by atoms with Gasteiger partial charge in [-0.15, -0.1) is 11.3 Å². The van der Waals surface area contributed by atoms with Gasteiger partial charge in [0.25, 0.3) is 0 Å². The molecule has 0 radical (unpaired) electrons. The third-order valence-electron chi connectivity index (χ3n) is 4.27. The fraction of sp³-hybridized carbons (Fsp3) is 0.389. The van der Waals surface area contributed by atoms with Gasteiger partial charge in [0.2, 0.25) is 5.91 Å². The molecule has 1 atom stereocenters. The van der Waals surface area contributed by atoms with Gasteiger partial charge >= 0.3 is 6.03 Å². The first-order chi connectivity index (χ1) is 12.5. The molecule has 1 fully saturated rings. The summed E-state index contributed by atoms with van der Waals surface area (Å²) in [4.78, 5) is 32.8. The summed E-state index contributed by atoms with van der Waals surface area (Å²) in [6, 6.07) is 9.32. The third kappa shape index (κ3) is 4.51. The zero-order chi connectivity index (χ0) is 18.5. The normalized spacial score (nSPS) is 15.5. The molecule has 7 nitrogen and oxygen atoms in total. The lowest BCUT2D eigenvalue weighted by Crippen LogP contribution is -2.54. The van der Waals surface area contributed by atoms with E-state index < -0.39 is 6.04 Å². The second kappa shape index (κ2) is 8.18. The summed E-state index contributed by atoms with van der Waals surface area (Å²) in [6.07, 6.45) is 0. The van der Waals surface area contributed by atoms with Gasteiger partial charge in [-0.05, 0) is 26.0 Å². The molecule has 26 heavy (non-hydrogen) atoms. The quantitative estimate of drug-likeness (QED) is 0.862. The van der Waals surface area contributed by atoms with Crippen molar-refractivity contribution in [2.45, 2.75) is 19.9 Å². The van der Waals surface area contributed by atoms with E-state index >= 15 is 0 Å². The molecule has 2 N–H and O–H groups in total. The summed E-state index contributed by atoms with van der Waals surface area (Å²) < 4.78 is 0. The van der Waals surface area contributed by atoms with Gasteiger partial charge in [-0.1, -0.05) is 18.2 Å². The summed E-state index contributed by atoms with van der Waals surface area (Å²) in [6.45, 7) is 6.34. The Kier molecular flexibility index (Phi) is 5.72. The van der Waals surface area contributed by atoms with Crippen LogP contribution in [0, 0.1) is 6.92 Å². The Morgan fingerprint density at radius 2 is 1.85 bits per heavy atom. The van der Waals surface area contributed by atoms with Crippen LogP contribution in [0.3, 0.4) is 0 Å². The van der Waals surface area contributed by atoms with E-state index in [9.17, 15) is 9.59 Å². The molecule has 1 aliphatic rings. The van der Waals surface area contributed by atoms with E-state index in [4.69, 9.17) is 0 Å². The number of nitrogens with one attached hydrogen (secondary N) is 2. The van der Waals surface area contributed by atoms with Crippen LogP contribution in [0.5, 0.6) is 0 Å². The van der Waals surface area contributed by atoms with Crippen molar-refractivity contribution in [2.75, 3.05) is 36.4 Å². The van der Waals surface area contributed by atoms with E-state index in [1.807, 2.05) is 30.5 Å². The average Bonchev–Trinajstić information content (AvgIpc) is 3.07. The number of carbonyl (C=O) groups is 2. The smallest absolute Gasteiger partial charge is 0.318 e. The minimum Gasteiger partial charge on any atom is -0.368 e. The maximum Gasteiger partial charge on any atom is 0.318 e. The molecule has 3 rings (SSSR count). The monoisotopic (exact) mass is 373 g/mol. The van der Waals surface area contributed by atoms with Crippen LogP contribution in [-0.4, -0.2) is 54.0 Å². The maximum absolute atomic E-state index is 12.4. The van der Waals surface area contributed by atoms with E-state index in [1.165, 1.54) is 17.0 Å². The Morgan fingerprint density at radius 1 is 1.15 bits per heavy atom. The molecule has 2 heterocycles. The number of carbonyl (C=O) groups excluding carboxylic acids is 2. The standard InChI is InChI=1S/C18H23N5O2S/c1-13-12-26-17(19-13)21-16(24)14(2)20-18(25)23-10-8-22(9-11-23)15-6-4-3-5-7-15/h3-7,12,14H,8-11H2,1-2H3,(H,20,25)(H,19,21,24)/t14-/m1/s1. The molecule has 138 valence electrons. The molecule has 0 saturated carbocycles. The predicted molar refractivity (Wildman–Crippen MR) is 104 cm³/mol. The Labute approximate surface area is 157 Å². The maximum atomic E-state index is 12.4. The van der Waals surface area contributed by atoms with Gasteiger partial charge in [0.15, 0.2) is 5.13 Å². The number of anilines is 2. The van der Waals surface area contributed by atoms with Gasteiger partial charge in [-0.3, -0.25) is 4.79 Å². The summed E-state index contributed by atoms with van der Waals surface area (Å²) in [5, 5.41) is 7.90. The van der Waals surface area contributed by atoms with Crippen LogP contribution in [0.4, 0.5) is 15.6 Å². The summed E-state index contributed by atoms with van der Waals surface area (Å²) in [7, 11) is 0. The number of urea groups is 1. The van der Waals surface area contributed by atoms with Gasteiger partial charge < -0.3 is 20.4 Å². The highest BCUT2D eigenvalue weighted by atomic mass is 32.1. The molecule has 0 bridgehead atoms. The highest BCUT2D eigenvalue weighted by Gasteiger charge is 2.24. The van der Waals surface area contributed by atoms with E-state index in [0.29, 0.717) is 18.2 Å². The summed E-state index contributed by atoms with van der Waals surface area (Å²) >= 11 is 1.37. The minimum absolute atomic E-state index is 0.212. The molecule has 8 heteroatoms. The SMILES string of the molecule is Cc1csc(NC(=O)[C@@H](C)NC(=O)N2CCN(c3ccccc3)CC2)n1. The van der Waals surface area contributed by atoms with Crippen molar-refractivity contribution in [1.82, 2.24) is 15.2 Å². The van der Waals surface area contributed by atoms with Crippen molar-refractivity contribution in [3.63, 3.8) is 0 Å². The molecule has 0 spiro atoms. The van der Waals surface area contributed by atoms with Crippen molar-refractivity contribution < 1.29 is 9.59 Å². The average molecular weight is 373 g/mol. The Balaban J connectivity index is 1.47. The minimum atomic E-state index is -0.626. The number of aromatic nitrogens is 1. The van der Waals surface area contributed by atoms with Crippen molar-refractivity contribution in [3.05, 3.63) is 41.4 Å².